The van der Waals surface area contributed by atoms with E-state index in [9.17, 15) is 19.5 Å². The maximum atomic E-state index is 12.5. The first-order valence-electron chi connectivity index (χ1n) is 8.01. The molecule has 1 aromatic carbocycles. The molecule has 1 atom stereocenters. The average Bonchev–Trinajstić information content (AvgIpc) is 2.90. The number of fused-ring (bicyclic) bond motifs is 1. The van der Waals surface area contributed by atoms with Crippen molar-refractivity contribution in [2.75, 3.05) is 4.90 Å². The highest BCUT2D eigenvalue weighted by molar-refractivity contribution is 6.11. The summed E-state index contributed by atoms with van der Waals surface area (Å²) < 4.78 is 0. The first-order valence-corrected chi connectivity index (χ1v) is 8.01. The van der Waals surface area contributed by atoms with Gasteiger partial charge in [-0.15, -0.1) is 0 Å². The molecule has 1 amide bonds. The van der Waals surface area contributed by atoms with Crippen LogP contribution in [0.5, 0.6) is 0 Å². The van der Waals surface area contributed by atoms with Gasteiger partial charge in [-0.3, -0.25) is 14.7 Å². The summed E-state index contributed by atoms with van der Waals surface area (Å²) in [7, 11) is 0. The number of rotatable bonds is 4. The summed E-state index contributed by atoms with van der Waals surface area (Å²) in [6, 6.07) is 10.7. The van der Waals surface area contributed by atoms with Gasteiger partial charge < -0.3 is 15.3 Å². The van der Waals surface area contributed by atoms with E-state index in [2.05, 4.69) is 4.98 Å². The molecule has 8 nitrogen and oxygen atoms in total. The number of carbonyl (C=O) groups excluding carboxylic acids is 1. The first-order chi connectivity index (χ1) is 12.8. The second kappa shape index (κ2) is 8.24. The van der Waals surface area contributed by atoms with E-state index in [1.807, 2.05) is 19.1 Å². The molecule has 2 heterocycles. The Morgan fingerprint density at radius 2 is 1.63 bits per heavy atom. The molecular weight excluding hydrogens is 352 g/mol. The van der Waals surface area contributed by atoms with Crippen LogP contribution < -0.4 is 4.90 Å². The minimum atomic E-state index is -1.28. The van der Waals surface area contributed by atoms with E-state index < -0.39 is 17.7 Å². The van der Waals surface area contributed by atoms with Crippen molar-refractivity contribution in [3.63, 3.8) is 0 Å². The molecule has 0 bridgehead atoms. The van der Waals surface area contributed by atoms with Crippen molar-refractivity contribution in [2.45, 2.75) is 19.1 Å². The first kappa shape index (κ1) is 19.8. The van der Waals surface area contributed by atoms with E-state index in [-0.39, 0.29) is 5.91 Å². The summed E-state index contributed by atoms with van der Waals surface area (Å²) in [5.41, 5.74) is 0.596. The lowest BCUT2D eigenvalue weighted by Crippen LogP contribution is -2.43. The molecule has 0 saturated carbocycles. The van der Waals surface area contributed by atoms with Gasteiger partial charge in [0, 0.05) is 35.7 Å². The molecule has 8 heteroatoms. The SMILES string of the molecule is CCC1(O)c2ccccc2C(=O)N1c1ccncc1.O=C(O)/C=C\C(=O)O. The zero-order valence-corrected chi connectivity index (χ0v) is 14.4. The van der Waals surface area contributed by atoms with E-state index >= 15 is 0 Å². The molecule has 1 unspecified atom stereocenters. The molecule has 0 spiro atoms. The van der Waals surface area contributed by atoms with E-state index in [0.717, 1.165) is 0 Å². The minimum Gasteiger partial charge on any atom is -0.478 e. The van der Waals surface area contributed by atoms with Crippen molar-refractivity contribution in [1.29, 1.82) is 0 Å². The van der Waals surface area contributed by atoms with Crippen molar-refractivity contribution in [1.82, 2.24) is 4.98 Å². The second-order valence-electron chi connectivity index (χ2n) is 5.57. The Labute approximate surface area is 155 Å². The highest BCUT2D eigenvalue weighted by atomic mass is 16.4. The summed E-state index contributed by atoms with van der Waals surface area (Å²) in [6.45, 7) is 1.86. The van der Waals surface area contributed by atoms with Gasteiger partial charge in [0.05, 0.1) is 5.69 Å². The highest BCUT2D eigenvalue weighted by Crippen LogP contribution is 2.42. The Kier molecular flexibility index (Phi) is 6.04. The molecule has 3 rings (SSSR count). The summed E-state index contributed by atoms with van der Waals surface area (Å²) in [5.74, 6) is -2.69. The van der Waals surface area contributed by atoms with Crippen LogP contribution >= 0.6 is 0 Å². The Morgan fingerprint density at radius 1 is 1.07 bits per heavy atom. The van der Waals surface area contributed by atoms with Crippen molar-refractivity contribution >= 4 is 23.5 Å². The largest absolute Gasteiger partial charge is 0.478 e. The van der Waals surface area contributed by atoms with E-state index in [1.165, 1.54) is 4.90 Å². The van der Waals surface area contributed by atoms with Crippen molar-refractivity contribution in [3.05, 3.63) is 72.1 Å². The molecule has 27 heavy (non-hydrogen) atoms. The number of aliphatic carboxylic acids is 2. The van der Waals surface area contributed by atoms with Gasteiger partial charge in [0.1, 0.15) is 0 Å². The number of carboxylic acid groups (broad SMARTS) is 2. The number of hydrogen-bond donors (Lipinski definition) is 3. The number of amides is 1. The van der Waals surface area contributed by atoms with Crippen LogP contribution in [0.4, 0.5) is 5.69 Å². The average molecular weight is 370 g/mol. The number of anilines is 1. The molecule has 0 saturated heterocycles. The Morgan fingerprint density at radius 3 is 2.15 bits per heavy atom. The predicted molar refractivity (Wildman–Crippen MR) is 96.1 cm³/mol. The van der Waals surface area contributed by atoms with Crippen LogP contribution in [0.15, 0.2) is 60.9 Å². The van der Waals surface area contributed by atoms with Crippen LogP contribution in [0.3, 0.4) is 0 Å². The second-order valence-corrected chi connectivity index (χ2v) is 5.57. The lowest BCUT2D eigenvalue weighted by Gasteiger charge is -2.33. The van der Waals surface area contributed by atoms with E-state index in [0.29, 0.717) is 35.4 Å². The van der Waals surface area contributed by atoms with Crippen LogP contribution in [-0.4, -0.2) is 38.1 Å². The number of pyridine rings is 1. The van der Waals surface area contributed by atoms with E-state index in [4.69, 9.17) is 10.2 Å². The van der Waals surface area contributed by atoms with Gasteiger partial charge >= 0.3 is 11.9 Å². The molecule has 0 fully saturated rings. The van der Waals surface area contributed by atoms with Crippen LogP contribution in [-0.2, 0) is 15.3 Å². The predicted octanol–water partition coefficient (Wildman–Crippen LogP) is 2.01. The maximum Gasteiger partial charge on any atom is 0.328 e. The molecule has 2 aromatic rings. The van der Waals surface area contributed by atoms with Gasteiger partial charge in [0.25, 0.3) is 5.91 Å². The fourth-order valence-electron chi connectivity index (χ4n) is 2.74. The summed E-state index contributed by atoms with van der Waals surface area (Å²) >= 11 is 0. The zero-order chi connectivity index (χ0) is 20.0. The lowest BCUT2D eigenvalue weighted by molar-refractivity contribution is -0.134. The molecule has 0 aliphatic carbocycles. The third-order valence-corrected chi connectivity index (χ3v) is 3.94. The standard InChI is InChI=1S/C15H14N2O2.C4H4O4/c1-2-15(19)13-6-4-3-5-12(13)14(18)17(15)11-7-9-16-10-8-11;5-3(6)1-2-4(7)8/h3-10,19H,2H2,1H3;1-2H,(H,5,6)(H,7,8)/b;2-1-. The van der Waals surface area contributed by atoms with Crippen LogP contribution in [0.25, 0.3) is 0 Å². The van der Waals surface area contributed by atoms with Gasteiger partial charge in [-0.25, -0.2) is 9.59 Å². The third-order valence-electron chi connectivity index (χ3n) is 3.94. The summed E-state index contributed by atoms with van der Waals surface area (Å²) in [5, 5.41) is 26.5. The monoisotopic (exact) mass is 370 g/mol. The number of aliphatic hydroxyl groups is 1. The molecule has 0 radical (unpaired) electrons. The number of carboxylic acids is 2. The number of hydrogen-bond acceptors (Lipinski definition) is 5. The fraction of sp³-hybridized carbons (Fsp3) is 0.158. The molecule has 1 aliphatic heterocycles. The molecular formula is C19H18N2O6. The number of carbonyl (C=O) groups is 3. The molecule has 140 valence electrons. The van der Waals surface area contributed by atoms with E-state index in [1.54, 1.807) is 36.7 Å². The number of nitrogens with zero attached hydrogens (tertiary/aromatic N) is 2. The van der Waals surface area contributed by atoms with Crippen molar-refractivity contribution in [2.24, 2.45) is 0 Å². The smallest absolute Gasteiger partial charge is 0.328 e. The topological polar surface area (TPSA) is 128 Å². The Hall–Kier alpha value is -3.52. The lowest BCUT2D eigenvalue weighted by atomic mass is 9.99. The molecule has 1 aromatic heterocycles. The van der Waals surface area contributed by atoms with Gasteiger partial charge in [0.15, 0.2) is 5.72 Å². The Bertz CT molecular complexity index is 865. The normalized spacial score (nSPS) is 18.0. The van der Waals surface area contributed by atoms with Crippen LogP contribution in [0.2, 0.25) is 0 Å². The zero-order valence-electron chi connectivity index (χ0n) is 14.4. The highest BCUT2D eigenvalue weighted by Gasteiger charge is 2.47. The Balaban J connectivity index is 0.000000279. The summed E-state index contributed by atoms with van der Waals surface area (Å²) in [4.78, 5) is 37.0. The van der Waals surface area contributed by atoms with Crippen molar-refractivity contribution < 1.29 is 29.7 Å². The van der Waals surface area contributed by atoms with Gasteiger partial charge in [-0.1, -0.05) is 25.1 Å². The third kappa shape index (κ3) is 4.18. The minimum absolute atomic E-state index is 0.175. The van der Waals surface area contributed by atoms with Crippen LogP contribution in [0, 0.1) is 0 Å². The molecule has 3 N–H and O–H groups in total. The number of aromatic nitrogens is 1. The molecule has 1 aliphatic rings. The van der Waals surface area contributed by atoms with Gasteiger partial charge in [-0.05, 0) is 24.6 Å². The number of benzene rings is 1. The van der Waals surface area contributed by atoms with Gasteiger partial charge in [-0.2, -0.15) is 0 Å². The van der Waals surface area contributed by atoms with Crippen LogP contribution in [0.1, 0.15) is 29.3 Å². The van der Waals surface area contributed by atoms with Crippen molar-refractivity contribution in [3.8, 4) is 0 Å². The maximum absolute atomic E-state index is 12.5. The summed E-state index contributed by atoms with van der Waals surface area (Å²) in [6.07, 6.45) is 4.77. The fourth-order valence-corrected chi connectivity index (χ4v) is 2.74. The van der Waals surface area contributed by atoms with Gasteiger partial charge in [0.2, 0.25) is 0 Å². The quantitative estimate of drug-likeness (QED) is 0.702.